The normalized spacial score (nSPS) is 16.0. The third-order valence-electron chi connectivity index (χ3n) is 5.55. The molecule has 3 heteroatoms. The molecule has 2 aromatic rings. The first-order chi connectivity index (χ1) is 14.0. The highest BCUT2D eigenvalue weighted by molar-refractivity contribution is 5.52. The van der Waals surface area contributed by atoms with Gasteiger partial charge in [-0.3, -0.25) is 0 Å². The van der Waals surface area contributed by atoms with Gasteiger partial charge in [0.25, 0.3) is 0 Å². The summed E-state index contributed by atoms with van der Waals surface area (Å²) in [5, 5.41) is 10.4. The molecule has 1 atom stereocenters. The zero-order valence-corrected chi connectivity index (χ0v) is 18.0. The van der Waals surface area contributed by atoms with Gasteiger partial charge in [-0.25, -0.2) is 0 Å². The SMILES string of the molecule is COc1ccc([C@@H]2COc3c(ccc(O)c3CC=C(C)CCC=C(C)C)C2)cc1. The van der Waals surface area contributed by atoms with Crippen molar-refractivity contribution in [2.24, 2.45) is 0 Å². The minimum Gasteiger partial charge on any atom is -0.508 e. The Morgan fingerprint density at radius 2 is 1.86 bits per heavy atom. The Hall–Kier alpha value is -2.68. The molecule has 0 bridgehead atoms. The second-order valence-corrected chi connectivity index (χ2v) is 8.11. The molecule has 2 aromatic carbocycles. The van der Waals surface area contributed by atoms with E-state index in [4.69, 9.17) is 9.47 Å². The van der Waals surface area contributed by atoms with E-state index in [-0.39, 0.29) is 0 Å². The van der Waals surface area contributed by atoms with E-state index >= 15 is 0 Å². The smallest absolute Gasteiger partial charge is 0.129 e. The molecule has 0 radical (unpaired) electrons. The molecule has 0 aliphatic carbocycles. The molecule has 0 saturated heterocycles. The van der Waals surface area contributed by atoms with E-state index in [1.165, 1.54) is 22.3 Å². The first kappa shape index (κ1) is 21.0. The second-order valence-electron chi connectivity index (χ2n) is 8.11. The lowest BCUT2D eigenvalue weighted by molar-refractivity contribution is 0.258. The van der Waals surface area contributed by atoms with Crippen LogP contribution in [-0.4, -0.2) is 18.8 Å². The number of phenols is 1. The van der Waals surface area contributed by atoms with Gasteiger partial charge in [-0.1, -0.05) is 41.5 Å². The van der Waals surface area contributed by atoms with Crippen molar-refractivity contribution in [3.8, 4) is 17.2 Å². The highest BCUT2D eigenvalue weighted by atomic mass is 16.5. The van der Waals surface area contributed by atoms with Gasteiger partial charge in [-0.05, 0) is 75.8 Å². The van der Waals surface area contributed by atoms with Crippen LogP contribution in [0.4, 0.5) is 0 Å². The number of ether oxygens (including phenoxy) is 2. The van der Waals surface area contributed by atoms with Crippen molar-refractivity contribution in [1.82, 2.24) is 0 Å². The summed E-state index contributed by atoms with van der Waals surface area (Å²) in [7, 11) is 1.68. The third-order valence-corrected chi connectivity index (χ3v) is 5.55. The van der Waals surface area contributed by atoms with Gasteiger partial charge in [-0.15, -0.1) is 0 Å². The van der Waals surface area contributed by atoms with Crippen molar-refractivity contribution in [3.63, 3.8) is 0 Å². The number of hydrogen-bond acceptors (Lipinski definition) is 3. The number of benzene rings is 2. The van der Waals surface area contributed by atoms with E-state index in [2.05, 4.69) is 45.1 Å². The quantitative estimate of drug-likeness (QED) is 0.558. The number of allylic oxidation sites excluding steroid dienone is 4. The maximum Gasteiger partial charge on any atom is 0.129 e. The number of rotatable bonds is 7. The van der Waals surface area contributed by atoms with Gasteiger partial charge in [0.05, 0.1) is 13.7 Å². The first-order valence-corrected chi connectivity index (χ1v) is 10.4. The van der Waals surface area contributed by atoms with Crippen LogP contribution in [0, 0.1) is 0 Å². The summed E-state index contributed by atoms with van der Waals surface area (Å²) in [6.07, 6.45) is 8.20. The molecule has 0 saturated carbocycles. The molecule has 3 rings (SSSR count). The number of fused-ring (bicyclic) bond motifs is 1. The lowest BCUT2D eigenvalue weighted by Gasteiger charge is -2.28. The highest BCUT2D eigenvalue weighted by Gasteiger charge is 2.24. The summed E-state index contributed by atoms with van der Waals surface area (Å²) in [6.45, 7) is 7.04. The average molecular weight is 393 g/mol. The van der Waals surface area contributed by atoms with Gasteiger partial charge >= 0.3 is 0 Å². The Morgan fingerprint density at radius 3 is 2.55 bits per heavy atom. The molecule has 3 nitrogen and oxygen atoms in total. The van der Waals surface area contributed by atoms with Gasteiger partial charge in [-0.2, -0.15) is 0 Å². The maximum absolute atomic E-state index is 10.4. The summed E-state index contributed by atoms with van der Waals surface area (Å²) in [5.41, 5.74) is 6.01. The van der Waals surface area contributed by atoms with Crippen molar-refractivity contribution < 1.29 is 14.6 Å². The molecular formula is C26H32O3. The minimum absolute atomic E-state index is 0.312. The maximum atomic E-state index is 10.4. The van der Waals surface area contributed by atoms with Crippen molar-refractivity contribution in [2.75, 3.05) is 13.7 Å². The van der Waals surface area contributed by atoms with Crippen LogP contribution in [0.25, 0.3) is 0 Å². The van der Waals surface area contributed by atoms with Crippen LogP contribution in [0.1, 0.15) is 56.2 Å². The van der Waals surface area contributed by atoms with Crippen LogP contribution >= 0.6 is 0 Å². The largest absolute Gasteiger partial charge is 0.508 e. The standard InChI is InChI=1S/C26H32O3/c1-18(2)6-5-7-19(3)8-14-24-25(27)15-11-21-16-22(17-29-26(21)24)20-9-12-23(28-4)13-10-20/h6,8-13,15,22,27H,5,7,14,16-17H2,1-4H3/t22-/m0/s1. The molecule has 154 valence electrons. The summed E-state index contributed by atoms with van der Waals surface area (Å²) < 4.78 is 11.4. The summed E-state index contributed by atoms with van der Waals surface area (Å²) >= 11 is 0. The van der Waals surface area contributed by atoms with Gasteiger partial charge in [0.1, 0.15) is 17.2 Å². The van der Waals surface area contributed by atoms with Crippen LogP contribution in [0.3, 0.4) is 0 Å². The second kappa shape index (κ2) is 9.69. The van der Waals surface area contributed by atoms with Crippen molar-refractivity contribution in [3.05, 3.63) is 76.4 Å². The zero-order chi connectivity index (χ0) is 20.8. The van der Waals surface area contributed by atoms with Crippen LogP contribution in [0.5, 0.6) is 17.2 Å². The lowest BCUT2D eigenvalue weighted by Crippen LogP contribution is -2.20. The predicted octanol–water partition coefficient (Wildman–Crippen LogP) is 6.35. The first-order valence-electron chi connectivity index (χ1n) is 10.4. The Labute approximate surface area is 174 Å². The molecule has 0 unspecified atom stereocenters. The fourth-order valence-corrected chi connectivity index (χ4v) is 3.77. The van der Waals surface area contributed by atoms with Gasteiger partial charge in [0.15, 0.2) is 0 Å². The van der Waals surface area contributed by atoms with E-state index in [1.807, 2.05) is 18.2 Å². The molecule has 29 heavy (non-hydrogen) atoms. The van der Waals surface area contributed by atoms with Gasteiger partial charge in [0.2, 0.25) is 0 Å². The number of methoxy groups -OCH3 is 1. The zero-order valence-electron chi connectivity index (χ0n) is 18.0. The van der Waals surface area contributed by atoms with Gasteiger partial charge < -0.3 is 14.6 Å². The van der Waals surface area contributed by atoms with E-state index in [0.717, 1.165) is 36.3 Å². The molecule has 1 aliphatic heterocycles. The average Bonchev–Trinajstić information content (AvgIpc) is 2.72. The molecular weight excluding hydrogens is 360 g/mol. The van der Waals surface area contributed by atoms with Crippen LogP contribution < -0.4 is 9.47 Å². The molecule has 1 N–H and O–H groups in total. The van der Waals surface area contributed by atoms with Crippen molar-refractivity contribution in [2.45, 2.75) is 52.4 Å². The molecule has 0 amide bonds. The van der Waals surface area contributed by atoms with Crippen LogP contribution in [-0.2, 0) is 12.8 Å². The minimum atomic E-state index is 0.312. The topological polar surface area (TPSA) is 38.7 Å². The summed E-state index contributed by atoms with van der Waals surface area (Å²) in [6, 6.07) is 12.0. The third kappa shape index (κ3) is 5.44. The Balaban J connectivity index is 1.73. The summed E-state index contributed by atoms with van der Waals surface area (Å²) in [4.78, 5) is 0. The monoisotopic (exact) mass is 392 g/mol. The molecule has 1 aliphatic rings. The van der Waals surface area contributed by atoms with E-state index in [0.29, 0.717) is 24.7 Å². The van der Waals surface area contributed by atoms with E-state index in [9.17, 15) is 5.11 Å². The number of phenolic OH excluding ortho intramolecular Hbond substituents is 1. The summed E-state index contributed by atoms with van der Waals surface area (Å²) in [5.74, 6) is 2.36. The number of aromatic hydroxyl groups is 1. The van der Waals surface area contributed by atoms with Crippen molar-refractivity contribution in [1.29, 1.82) is 0 Å². The highest BCUT2D eigenvalue weighted by Crippen LogP contribution is 2.39. The molecule has 0 fully saturated rings. The van der Waals surface area contributed by atoms with E-state index < -0.39 is 0 Å². The Kier molecular flexibility index (Phi) is 7.03. The Bertz CT molecular complexity index is 887. The van der Waals surface area contributed by atoms with Crippen molar-refractivity contribution >= 4 is 0 Å². The molecule has 0 aromatic heterocycles. The Morgan fingerprint density at radius 1 is 1.10 bits per heavy atom. The van der Waals surface area contributed by atoms with Gasteiger partial charge in [0, 0.05) is 11.5 Å². The predicted molar refractivity (Wildman–Crippen MR) is 119 cm³/mol. The van der Waals surface area contributed by atoms with Crippen LogP contribution in [0.2, 0.25) is 0 Å². The molecule has 1 heterocycles. The fraction of sp³-hybridized carbons (Fsp3) is 0.385. The fourth-order valence-electron chi connectivity index (χ4n) is 3.77. The lowest BCUT2D eigenvalue weighted by atomic mass is 9.88. The van der Waals surface area contributed by atoms with Crippen LogP contribution in [0.15, 0.2) is 59.7 Å². The molecule has 0 spiro atoms. The number of hydrogen-bond donors (Lipinski definition) is 1. The van der Waals surface area contributed by atoms with E-state index in [1.54, 1.807) is 13.2 Å².